The normalized spacial score (nSPS) is 12.6. The third-order valence-corrected chi connectivity index (χ3v) is 4.63. The summed E-state index contributed by atoms with van der Waals surface area (Å²) in [5, 5.41) is 3.86. The molecular formula is C18H20N2O2S. The quantitative estimate of drug-likeness (QED) is 0.672. The highest BCUT2D eigenvalue weighted by atomic mass is 32.2. The Hall–Kier alpha value is -2.40. The fourth-order valence-electron chi connectivity index (χ4n) is 2.09. The Kier molecular flexibility index (Phi) is 5.34. The minimum Gasteiger partial charge on any atom is -0.200 e. The fraction of sp³-hybridized carbons (Fsp3) is 0.167. The second-order valence-corrected chi connectivity index (χ2v) is 7.05. The standard InChI is InChI=1S/C18H20N2O2S/c1-14-9-10-16(3)18(12-14)23(21,22)20-19-13-15(2)11-17-7-5-4-6-8-17/h4-13,20H,1-3H3/b15-11+,19-13+. The Morgan fingerprint density at radius 2 is 1.78 bits per heavy atom. The van der Waals surface area contributed by atoms with Crippen LogP contribution < -0.4 is 4.83 Å². The summed E-state index contributed by atoms with van der Waals surface area (Å²) in [4.78, 5) is 2.51. The first-order valence-corrected chi connectivity index (χ1v) is 8.72. The maximum Gasteiger partial charge on any atom is 0.276 e. The van der Waals surface area contributed by atoms with Crippen LogP contribution in [0.2, 0.25) is 0 Å². The van der Waals surface area contributed by atoms with Gasteiger partial charge in [-0.1, -0.05) is 48.5 Å². The van der Waals surface area contributed by atoms with E-state index in [2.05, 4.69) is 9.93 Å². The molecule has 0 saturated heterocycles. The summed E-state index contributed by atoms with van der Waals surface area (Å²) in [7, 11) is -3.66. The molecule has 0 aliphatic rings. The predicted molar refractivity (Wildman–Crippen MR) is 94.8 cm³/mol. The zero-order valence-electron chi connectivity index (χ0n) is 13.4. The number of hydrogen-bond acceptors (Lipinski definition) is 3. The van der Waals surface area contributed by atoms with E-state index in [-0.39, 0.29) is 4.90 Å². The molecule has 0 bridgehead atoms. The Labute approximate surface area is 137 Å². The smallest absolute Gasteiger partial charge is 0.200 e. The summed E-state index contributed by atoms with van der Waals surface area (Å²) in [5.41, 5.74) is 3.46. The van der Waals surface area contributed by atoms with Crippen molar-refractivity contribution in [3.05, 3.63) is 70.8 Å². The largest absolute Gasteiger partial charge is 0.276 e. The molecule has 23 heavy (non-hydrogen) atoms. The van der Waals surface area contributed by atoms with Crippen molar-refractivity contribution in [3.8, 4) is 0 Å². The molecular weight excluding hydrogens is 308 g/mol. The van der Waals surface area contributed by atoms with Gasteiger partial charge in [-0.25, -0.2) is 4.83 Å². The van der Waals surface area contributed by atoms with Gasteiger partial charge in [0, 0.05) is 0 Å². The lowest BCUT2D eigenvalue weighted by Crippen LogP contribution is -2.19. The van der Waals surface area contributed by atoms with Gasteiger partial charge in [0.1, 0.15) is 0 Å². The molecule has 0 aromatic heterocycles. The number of hydrogen-bond donors (Lipinski definition) is 1. The number of sulfonamides is 1. The first-order valence-electron chi connectivity index (χ1n) is 7.24. The van der Waals surface area contributed by atoms with Crippen LogP contribution >= 0.6 is 0 Å². The summed E-state index contributed by atoms with van der Waals surface area (Å²) in [6.45, 7) is 5.48. The second-order valence-electron chi connectivity index (χ2n) is 5.42. The fourth-order valence-corrected chi connectivity index (χ4v) is 3.22. The van der Waals surface area contributed by atoms with E-state index in [0.717, 1.165) is 16.7 Å². The molecule has 2 aromatic carbocycles. The van der Waals surface area contributed by atoms with Crippen LogP contribution in [0.3, 0.4) is 0 Å². The summed E-state index contributed by atoms with van der Waals surface area (Å²) >= 11 is 0. The van der Waals surface area contributed by atoms with Crippen LogP contribution in [0, 0.1) is 13.8 Å². The van der Waals surface area contributed by atoms with E-state index in [9.17, 15) is 8.42 Å². The maximum atomic E-state index is 12.3. The van der Waals surface area contributed by atoms with Gasteiger partial charge in [0.05, 0.1) is 11.1 Å². The molecule has 4 nitrogen and oxygen atoms in total. The number of nitrogens with zero attached hydrogens (tertiary/aromatic N) is 1. The molecule has 0 atom stereocenters. The van der Waals surface area contributed by atoms with E-state index in [0.29, 0.717) is 5.56 Å². The average Bonchev–Trinajstić information content (AvgIpc) is 2.50. The lowest BCUT2D eigenvalue weighted by Gasteiger charge is -2.07. The van der Waals surface area contributed by atoms with E-state index < -0.39 is 10.0 Å². The molecule has 0 fully saturated rings. The minimum atomic E-state index is -3.66. The van der Waals surface area contributed by atoms with Gasteiger partial charge >= 0.3 is 0 Å². The zero-order valence-corrected chi connectivity index (χ0v) is 14.3. The number of benzene rings is 2. The van der Waals surface area contributed by atoms with Gasteiger partial charge in [0.2, 0.25) is 0 Å². The topological polar surface area (TPSA) is 58.5 Å². The van der Waals surface area contributed by atoms with Crippen LogP contribution in [-0.4, -0.2) is 14.6 Å². The molecule has 0 unspecified atom stereocenters. The van der Waals surface area contributed by atoms with E-state index in [1.54, 1.807) is 19.1 Å². The Bertz CT molecular complexity index is 839. The molecule has 2 aromatic rings. The average molecular weight is 328 g/mol. The number of rotatable bonds is 5. The number of aryl methyl sites for hydroxylation is 2. The number of hydrazone groups is 1. The van der Waals surface area contributed by atoms with Gasteiger partial charge in [-0.05, 0) is 49.1 Å². The van der Waals surface area contributed by atoms with Gasteiger partial charge in [0.15, 0.2) is 0 Å². The summed E-state index contributed by atoms with van der Waals surface area (Å²) in [6.07, 6.45) is 3.42. The third-order valence-electron chi connectivity index (χ3n) is 3.27. The lowest BCUT2D eigenvalue weighted by molar-refractivity contribution is 0.584. The van der Waals surface area contributed by atoms with Crippen molar-refractivity contribution in [1.82, 2.24) is 4.83 Å². The molecule has 120 valence electrons. The molecule has 0 aliphatic heterocycles. The van der Waals surface area contributed by atoms with Crippen molar-refractivity contribution in [2.45, 2.75) is 25.7 Å². The number of allylic oxidation sites excluding steroid dienone is 1. The molecule has 0 radical (unpaired) electrons. The van der Waals surface area contributed by atoms with Crippen molar-refractivity contribution in [3.63, 3.8) is 0 Å². The monoisotopic (exact) mass is 328 g/mol. The van der Waals surface area contributed by atoms with E-state index in [1.807, 2.05) is 56.3 Å². The van der Waals surface area contributed by atoms with Crippen LogP contribution in [0.4, 0.5) is 0 Å². The highest BCUT2D eigenvalue weighted by Crippen LogP contribution is 2.16. The van der Waals surface area contributed by atoms with Gasteiger partial charge in [-0.3, -0.25) is 0 Å². The summed E-state index contributed by atoms with van der Waals surface area (Å²) in [6, 6.07) is 15.1. The summed E-state index contributed by atoms with van der Waals surface area (Å²) in [5.74, 6) is 0. The van der Waals surface area contributed by atoms with Gasteiger partial charge < -0.3 is 0 Å². The van der Waals surface area contributed by atoms with Crippen molar-refractivity contribution in [2.75, 3.05) is 0 Å². The molecule has 2 rings (SSSR count). The van der Waals surface area contributed by atoms with Crippen molar-refractivity contribution < 1.29 is 8.42 Å². The first-order chi connectivity index (χ1) is 10.9. The maximum absolute atomic E-state index is 12.3. The van der Waals surface area contributed by atoms with Crippen molar-refractivity contribution in [2.24, 2.45) is 5.10 Å². The first kappa shape index (κ1) is 17.0. The van der Waals surface area contributed by atoms with Gasteiger partial charge in [0.25, 0.3) is 10.0 Å². The minimum absolute atomic E-state index is 0.249. The molecule has 0 heterocycles. The Morgan fingerprint density at radius 3 is 2.48 bits per heavy atom. The van der Waals surface area contributed by atoms with Crippen molar-refractivity contribution >= 4 is 22.3 Å². The van der Waals surface area contributed by atoms with Crippen LogP contribution in [0.5, 0.6) is 0 Å². The molecule has 0 spiro atoms. The van der Waals surface area contributed by atoms with Crippen molar-refractivity contribution in [1.29, 1.82) is 0 Å². The highest BCUT2D eigenvalue weighted by Gasteiger charge is 2.15. The third kappa shape index (κ3) is 4.79. The predicted octanol–water partition coefficient (Wildman–Crippen LogP) is 3.67. The molecule has 0 saturated carbocycles. The highest BCUT2D eigenvalue weighted by molar-refractivity contribution is 7.89. The Morgan fingerprint density at radius 1 is 1.09 bits per heavy atom. The summed E-state index contributed by atoms with van der Waals surface area (Å²) < 4.78 is 24.6. The van der Waals surface area contributed by atoms with Gasteiger partial charge in [-0.15, -0.1) is 0 Å². The molecule has 0 amide bonds. The van der Waals surface area contributed by atoms with E-state index in [1.165, 1.54) is 6.21 Å². The van der Waals surface area contributed by atoms with Crippen LogP contribution in [-0.2, 0) is 10.0 Å². The molecule has 5 heteroatoms. The SMILES string of the molecule is CC(/C=N/NS(=O)(=O)c1cc(C)ccc1C)=C\c1ccccc1. The van der Waals surface area contributed by atoms with Crippen LogP contribution in [0.1, 0.15) is 23.6 Å². The Balaban J connectivity index is 2.13. The zero-order chi connectivity index (χ0) is 16.9. The van der Waals surface area contributed by atoms with Crippen LogP contribution in [0.25, 0.3) is 6.08 Å². The van der Waals surface area contributed by atoms with E-state index in [4.69, 9.17) is 0 Å². The van der Waals surface area contributed by atoms with E-state index >= 15 is 0 Å². The van der Waals surface area contributed by atoms with Gasteiger partial charge in [-0.2, -0.15) is 13.5 Å². The lowest BCUT2D eigenvalue weighted by atomic mass is 10.1. The molecule has 1 N–H and O–H groups in total. The second kappa shape index (κ2) is 7.24. The van der Waals surface area contributed by atoms with Crippen LogP contribution in [0.15, 0.2) is 64.1 Å². The number of nitrogens with one attached hydrogen (secondary N) is 1. The molecule has 0 aliphatic carbocycles.